The average molecular weight is 373 g/mol. The van der Waals surface area contributed by atoms with E-state index in [4.69, 9.17) is 14.0 Å². The fourth-order valence-corrected chi connectivity index (χ4v) is 2.70. The predicted molar refractivity (Wildman–Crippen MR) is 105 cm³/mol. The second kappa shape index (κ2) is 7.86. The summed E-state index contributed by atoms with van der Waals surface area (Å²) in [5.74, 6) is -0.529. The number of nitrogens with one attached hydrogen (secondary N) is 1. The number of esters is 1. The van der Waals surface area contributed by atoms with Gasteiger partial charge in [0.1, 0.15) is 0 Å². The van der Waals surface area contributed by atoms with Crippen LogP contribution < -0.4 is 5.32 Å². The van der Waals surface area contributed by atoms with Gasteiger partial charge >= 0.3 is 13.1 Å². The summed E-state index contributed by atoms with van der Waals surface area (Å²) >= 11 is 0. The second-order valence-corrected chi connectivity index (χ2v) is 7.78. The molecule has 1 amide bonds. The molecule has 1 saturated heterocycles. The van der Waals surface area contributed by atoms with E-state index in [2.05, 4.69) is 5.32 Å². The van der Waals surface area contributed by atoms with E-state index < -0.39 is 18.3 Å². The molecule has 1 fully saturated rings. The Balaban J connectivity index is 2.40. The lowest BCUT2D eigenvalue weighted by molar-refractivity contribution is -0.118. The minimum absolute atomic E-state index is 0.142. The van der Waals surface area contributed by atoms with E-state index in [1.807, 2.05) is 52.8 Å². The monoisotopic (exact) mass is 373 g/mol. The van der Waals surface area contributed by atoms with E-state index in [0.717, 1.165) is 16.6 Å². The van der Waals surface area contributed by atoms with E-state index in [-0.39, 0.29) is 18.4 Å². The van der Waals surface area contributed by atoms with Gasteiger partial charge in [0.25, 0.3) is 0 Å². The lowest BCUT2D eigenvalue weighted by Crippen LogP contribution is -2.41. The van der Waals surface area contributed by atoms with Crippen LogP contribution in [-0.2, 0) is 18.8 Å². The summed E-state index contributed by atoms with van der Waals surface area (Å²) in [6.45, 7) is 11.5. The van der Waals surface area contributed by atoms with Crippen LogP contribution in [-0.4, -0.2) is 43.9 Å². The number of amides is 1. The van der Waals surface area contributed by atoms with Crippen molar-refractivity contribution in [2.24, 2.45) is 0 Å². The third-order valence-corrected chi connectivity index (χ3v) is 5.12. The average Bonchev–Trinajstić information content (AvgIpc) is 2.79. The summed E-state index contributed by atoms with van der Waals surface area (Å²) in [5, 5.41) is 2.80. The molecule has 6 nitrogen and oxygen atoms in total. The molecule has 7 heteroatoms. The van der Waals surface area contributed by atoms with Gasteiger partial charge in [-0.05, 0) is 57.3 Å². The summed E-state index contributed by atoms with van der Waals surface area (Å²) in [4.78, 5) is 23.4. The zero-order valence-corrected chi connectivity index (χ0v) is 17.1. The molecule has 0 saturated carbocycles. The lowest BCUT2D eigenvalue weighted by atomic mass is 9.76. The molecule has 1 N–H and O–H groups in total. The summed E-state index contributed by atoms with van der Waals surface area (Å²) in [6.07, 6.45) is 1.88. The summed E-state index contributed by atoms with van der Waals surface area (Å²) in [6, 6.07) is 5.53. The predicted octanol–water partition coefficient (Wildman–Crippen LogP) is 2.93. The van der Waals surface area contributed by atoms with E-state index in [1.165, 1.54) is 14.0 Å². The number of carbonyl (C=O) groups excluding carboxylic acids is 2. The summed E-state index contributed by atoms with van der Waals surface area (Å²) in [5.41, 5.74) is 1.92. The van der Waals surface area contributed by atoms with Gasteiger partial charge in [-0.15, -0.1) is 0 Å². The summed E-state index contributed by atoms with van der Waals surface area (Å²) < 4.78 is 17.1. The fraction of sp³-hybridized carbons (Fsp3) is 0.500. The Morgan fingerprint density at radius 3 is 2.30 bits per heavy atom. The van der Waals surface area contributed by atoms with Crippen molar-refractivity contribution >= 4 is 25.1 Å². The van der Waals surface area contributed by atoms with Crippen LogP contribution in [0.4, 0.5) is 0 Å². The van der Waals surface area contributed by atoms with Gasteiger partial charge < -0.3 is 19.4 Å². The molecule has 1 heterocycles. The molecular formula is C20H28BNO5. The zero-order valence-electron chi connectivity index (χ0n) is 17.1. The smallest absolute Gasteiger partial charge is 0.465 e. The standard InChI is InChI=1S/C20H28BNO5/c1-13-8-9-15(11-17(13)18(24)25-7)10-16(12-22-14(2)23)21-26-19(3,4)20(5,6)27-21/h8-11H,12H2,1-7H3,(H,22,23). The van der Waals surface area contributed by atoms with Crippen LogP contribution in [0.5, 0.6) is 0 Å². The van der Waals surface area contributed by atoms with Crippen molar-refractivity contribution in [3.63, 3.8) is 0 Å². The highest BCUT2D eigenvalue weighted by Crippen LogP contribution is 2.38. The van der Waals surface area contributed by atoms with Gasteiger partial charge in [-0.1, -0.05) is 18.2 Å². The Hall–Kier alpha value is -2.12. The molecule has 0 aliphatic carbocycles. The highest BCUT2D eigenvalue weighted by Gasteiger charge is 2.52. The normalized spacial score (nSPS) is 18.3. The molecule has 1 aromatic rings. The fourth-order valence-electron chi connectivity index (χ4n) is 2.70. The molecule has 0 unspecified atom stereocenters. The maximum absolute atomic E-state index is 12.0. The van der Waals surface area contributed by atoms with Crippen molar-refractivity contribution in [3.8, 4) is 0 Å². The van der Waals surface area contributed by atoms with E-state index in [0.29, 0.717) is 5.56 Å². The first-order chi connectivity index (χ1) is 12.5. The highest BCUT2D eigenvalue weighted by molar-refractivity contribution is 6.56. The van der Waals surface area contributed by atoms with Crippen LogP contribution in [0.15, 0.2) is 23.7 Å². The zero-order chi connectivity index (χ0) is 20.4. The Bertz CT molecular complexity index is 754. The van der Waals surface area contributed by atoms with Gasteiger partial charge in [0.05, 0.1) is 23.9 Å². The highest BCUT2D eigenvalue weighted by atomic mass is 16.7. The maximum Gasteiger partial charge on any atom is 0.492 e. The first-order valence-corrected chi connectivity index (χ1v) is 8.96. The first-order valence-electron chi connectivity index (χ1n) is 8.96. The number of rotatable bonds is 5. The van der Waals surface area contributed by atoms with Gasteiger partial charge in [0.2, 0.25) is 5.91 Å². The van der Waals surface area contributed by atoms with Gasteiger partial charge in [0.15, 0.2) is 0 Å². The second-order valence-electron chi connectivity index (χ2n) is 7.78. The number of hydrogen-bond acceptors (Lipinski definition) is 5. The van der Waals surface area contributed by atoms with Crippen molar-refractivity contribution in [1.82, 2.24) is 5.32 Å². The molecule has 27 heavy (non-hydrogen) atoms. The Kier molecular flexibility index (Phi) is 6.17. The minimum atomic E-state index is -0.593. The molecule has 1 aliphatic heterocycles. The van der Waals surface area contributed by atoms with Crippen LogP contribution in [0.2, 0.25) is 0 Å². The minimum Gasteiger partial charge on any atom is -0.465 e. The van der Waals surface area contributed by atoms with Crippen molar-refractivity contribution in [2.45, 2.75) is 52.7 Å². The van der Waals surface area contributed by atoms with Crippen molar-refractivity contribution in [2.75, 3.05) is 13.7 Å². The Labute approximate surface area is 161 Å². The number of methoxy groups -OCH3 is 1. The summed E-state index contributed by atoms with van der Waals surface area (Å²) in [7, 11) is 0.765. The number of hydrogen-bond donors (Lipinski definition) is 1. The largest absolute Gasteiger partial charge is 0.492 e. The molecule has 0 atom stereocenters. The lowest BCUT2D eigenvalue weighted by Gasteiger charge is -2.32. The van der Waals surface area contributed by atoms with Crippen LogP contribution in [0, 0.1) is 6.92 Å². The number of benzene rings is 1. The molecular weight excluding hydrogens is 345 g/mol. The van der Waals surface area contributed by atoms with E-state index >= 15 is 0 Å². The Morgan fingerprint density at radius 1 is 1.19 bits per heavy atom. The van der Waals surface area contributed by atoms with Crippen molar-refractivity contribution in [1.29, 1.82) is 0 Å². The molecule has 146 valence electrons. The van der Waals surface area contributed by atoms with Gasteiger partial charge in [-0.3, -0.25) is 4.79 Å². The topological polar surface area (TPSA) is 73.9 Å². The molecule has 2 rings (SSSR count). The van der Waals surface area contributed by atoms with Crippen LogP contribution in [0.3, 0.4) is 0 Å². The van der Waals surface area contributed by atoms with Crippen LogP contribution >= 0.6 is 0 Å². The van der Waals surface area contributed by atoms with Crippen molar-refractivity contribution in [3.05, 3.63) is 40.4 Å². The van der Waals surface area contributed by atoms with Crippen molar-refractivity contribution < 1.29 is 23.6 Å². The van der Waals surface area contributed by atoms with Crippen LogP contribution in [0.1, 0.15) is 56.1 Å². The van der Waals surface area contributed by atoms with Crippen LogP contribution in [0.25, 0.3) is 6.08 Å². The molecule has 0 aromatic heterocycles. The molecule has 1 aromatic carbocycles. The molecule has 0 radical (unpaired) electrons. The first kappa shape index (κ1) is 21.2. The maximum atomic E-state index is 12.0. The molecule has 0 spiro atoms. The van der Waals surface area contributed by atoms with Gasteiger partial charge in [-0.2, -0.15) is 0 Å². The number of aryl methyl sites for hydroxylation is 1. The van der Waals surface area contributed by atoms with Gasteiger partial charge in [0, 0.05) is 13.5 Å². The third kappa shape index (κ3) is 4.79. The number of ether oxygens (including phenoxy) is 1. The third-order valence-electron chi connectivity index (χ3n) is 5.12. The van der Waals surface area contributed by atoms with E-state index in [9.17, 15) is 9.59 Å². The number of carbonyl (C=O) groups is 2. The SMILES string of the molecule is COC(=O)c1cc(C=C(CNC(C)=O)B2OC(C)(C)C(C)(C)O2)ccc1C. The van der Waals surface area contributed by atoms with Gasteiger partial charge in [-0.25, -0.2) is 4.79 Å². The molecule has 1 aliphatic rings. The molecule has 0 bridgehead atoms. The van der Waals surface area contributed by atoms with E-state index in [1.54, 1.807) is 6.07 Å². The quantitative estimate of drug-likeness (QED) is 0.635. The Morgan fingerprint density at radius 2 is 1.78 bits per heavy atom.